The Morgan fingerprint density at radius 1 is 1.58 bits per heavy atom. The van der Waals surface area contributed by atoms with Gasteiger partial charge in [0.05, 0.1) is 12.0 Å². The topological polar surface area (TPSA) is 81.5 Å². The van der Waals surface area contributed by atoms with Crippen LogP contribution in [0.15, 0.2) is 18.2 Å². The highest BCUT2D eigenvalue weighted by atomic mass is 35.5. The van der Waals surface area contributed by atoms with Gasteiger partial charge in [0.15, 0.2) is 5.75 Å². The minimum Gasteiger partial charge on any atom is -0.490 e. The lowest BCUT2D eigenvalue weighted by molar-refractivity contribution is -0.385. The largest absolute Gasteiger partial charge is 0.490 e. The molecule has 0 bridgehead atoms. The number of nitro groups is 1. The summed E-state index contributed by atoms with van der Waals surface area (Å²) >= 11 is 5.70. The monoisotopic (exact) mass is 286 g/mol. The molecule has 0 aliphatic carbocycles. The first-order chi connectivity index (χ1) is 9.03. The van der Waals surface area contributed by atoms with Crippen LogP contribution in [0.3, 0.4) is 0 Å². The second-order valence-corrected chi connectivity index (χ2v) is 4.19. The molecule has 1 amide bonds. The van der Waals surface area contributed by atoms with Crippen LogP contribution in [0.5, 0.6) is 5.75 Å². The number of carbonyl (C=O) groups is 1. The molecular formula is C12H15ClN2O4. The molecule has 1 rings (SSSR count). The summed E-state index contributed by atoms with van der Waals surface area (Å²) in [6, 6.07) is 3.84. The molecule has 0 radical (unpaired) electrons. The zero-order chi connectivity index (χ0) is 14.4. The Morgan fingerprint density at radius 2 is 2.26 bits per heavy atom. The second-order valence-electron chi connectivity index (χ2n) is 3.88. The smallest absolute Gasteiger partial charge is 0.310 e. The fourth-order valence-electron chi connectivity index (χ4n) is 1.49. The van der Waals surface area contributed by atoms with Crippen molar-refractivity contribution in [2.45, 2.75) is 19.4 Å². The first-order valence-electron chi connectivity index (χ1n) is 5.72. The summed E-state index contributed by atoms with van der Waals surface area (Å²) in [5.41, 5.74) is 0.120. The highest BCUT2D eigenvalue weighted by Crippen LogP contribution is 2.27. The van der Waals surface area contributed by atoms with Crippen molar-refractivity contribution in [3.8, 4) is 5.75 Å². The van der Waals surface area contributed by atoms with E-state index in [4.69, 9.17) is 16.3 Å². The summed E-state index contributed by atoms with van der Waals surface area (Å²) in [7, 11) is 1.32. The minimum absolute atomic E-state index is 0.0524. The molecule has 0 aromatic heterocycles. The van der Waals surface area contributed by atoms with Gasteiger partial charge in [-0.25, -0.2) is 0 Å². The molecule has 0 aliphatic rings. The number of methoxy groups -OCH3 is 1. The fourth-order valence-corrected chi connectivity index (χ4v) is 1.78. The number of hydrogen-bond acceptors (Lipinski definition) is 4. The van der Waals surface area contributed by atoms with E-state index in [-0.39, 0.29) is 23.4 Å². The molecule has 19 heavy (non-hydrogen) atoms. The molecule has 0 saturated heterocycles. The van der Waals surface area contributed by atoms with Crippen molar-refractivity contribution in [3.05, 3.63) is 33.9 Å². The fraction of sp³-hybridized carbons (Fsp3) is 0.417. The summed E-state index contributed by atoms with van der Waals surface area (Å²) in [5.74, 6) is 0.0316. The Hall–Kier alpha value is -1.82. The van der Waals surface area contributed by atoms with Gasteiger partial charge in [0, 0.05) is 29.6 Å². The number of hydrogen-bond donors (Lipinski definition) is 1. The summed E-state index contributed by atoms with van der Waals surface area (Å²) in [6.07, 6.45) is 0.708. The van der Waals surface area contributed by atoms with E-state index in [2.05, 4.69) is 5.32 Å². The zero-order valence-corrected chi connectivity index (χ0v) is 11.4. The van der Waals surface area contributed by atoms with E-state index >= 15 is 0 Å². The van der Waals surface area contributed by atoms with Gasteiger partial charge in [0.2, 0.25) is 0 Å². The summed E-state index contributed by atoms with van der Waals surface area (Å²) < 4.78 is 4.91. The number of nitro benzene ring substituents is 1. The van der Waals surface area contributed by atoms with Gasteiger partial charge in [0.25, 0.3) is 5.91 Å². The Bertz CT molecular complexity index is 475. The van der Waals surface area contributed by atoms with Gasteiger partial charge in [-0.1, -0.05) is 6.92 Å². The van der Waals surface area contributed by atoms with Crippen molar-refractivity contribution < 1.29 is 14.5 Å². The summed E-state index contributed by atoms with van der Waals surface area (Å²) in [6.45, 7) is 1.91. The van der Waals surface area contributed by atoms with Crippen LogP contribution in [0.2, 0.25) is 0 Å². The molecule has 0 spiro atoms. The maximum absolute atomic E-state index is 11.9. The van der Waals surface area contributed by atoms with Crippen LogP contribution in [0.25, 0.3) is 0 Å². The van der Waals surface area contributed by atoms with Crippen LogP contribution in [-0.2, 0) is 0 Å². The average Bonchev–Trinajstić information content (AvgIpc) is 2.43. The molecule has 0 aliphatic heterocycles. The standard InChI is InChI=1S/C12H15ClN2O4/c1-3-9(7-13)14-12(16)8-4-5-10(15(17)18)11(6-8)19-2/h4-6,9H,3,7H2,1-2H3,(H,14,16). The van der Waals surface area contributed by atoms with E-state index in [0.717, 1.165) is 0 Å². The summed E-state index contributed by atoms with van der Waals surface area (Å²) in [4.78, 5) is 22.1. The minimum atomic E-state index is -0.561. The number of amides is 1. The highest BCUT2D eigenvalue weighted by Gasteiger charge is 2.18. The molecule has 1 unspecified atom stereocenters. The SMILES string of the molecule is CCC(CCl)NC(=O)c1ccc([N+](=O)[O-])c(OC)c1. The quantitative estimate of drug-likeness (QED) is 0.494. The highest BCUT2D eigenvalue weighted by molar-refractivity contribution is 6.18. The van der Waals surface area contributed by atoms with Gasteiger partial charge in [-0.05, 0) is 12.5 Å². The molecule has 1 aromatic carbocycles. The number of nitrogens with one attached hydrogen (secondary N) is 1. The molecule has 0 fully saturated rings. The van der Waals surface area contributed by atoms with E-state index in [1.54, 1.807) is 0 Å². The Labute approximate surface area is 115 Å². The Balaban J connectivity index is 2.96. The van der Waals surface area contributed by atoms with Crippen LogP contribution in [0, 0.1) is 10.1 Å². The number of halogens is 1. The van der Waals surface area contributed by atoms with Crippen LogP contribution in [0.1, 0.15) is 23.7 Å². The van der Waals surface area contributed by atoms with Gasteiger partial charge < -0.3 is 10.1 Å². The lowest BCUT2D eigenvalue weighted by atomic mass is 10.1. The maximum Gasteiger partial charge on any atom is 0.310 e. The third-order valence-electron chi connectivity index (χ3n) is 2.65. The number of benzene rings is 1. The zero-order valence-electron chi connectivity index (χ0n) is 10.7. The van der Waals surface area contributed by atoms with E-state index < -0.39 is 4.92 Å². The van der Waals surface area contributed by atoms with Crippen molar-refractivity contribution in [2.24, 2.45) is 0 Å². The molecule has 7 heteroatoms. The predicted octanol–water partition coefficient (Wildman–Crippen LogP) is 2.35. The molecular weight excluding hydrogens is 272 g/mol. The first kappa shape index (κ1) is 15.2. The van der Waals surface area contributed by atoms with Crippen LogP contribution >= 0.6 is 11.6 Å². The van der Waals surface area contributed by atoms with E-state index in [1.165, 1.54) is 25.3 Å². The number of rotatable bonds is 6. The van der Waals surface area contributed by atoms with E-state index in [1.807, 2.05) is 6.92 Å². The predicted molar refractivity (Wildman–Crippen MR) is 71.9 cm³/mol. The molecule has 0 heterocycles. The summed E-state index contributed by atoms with van der Waals surface area (Å²) in [5, 5.41) is 13.5. The van der Waals surface area contributed by atoms with Gasteiger partial charge in [-0.15, -0.1) is 11.6 Å². The third-order valence-corrected chi connectivity index (χ3v) is 3.03. The lowest BCUT2D eigenvalue weighted by Crippen LogP contribution is -2.35. The number of carbonyl (C=O) groups excluding carboxylic acids is 1. The van der Waals surface area contributed by atoms with Crippen molar-refractivity contribution in [3.63, 3.8) is 0 Å². The van der Waals surface area contributed by atoms with Gasteiger partial charge in [-0.2, -0.15) is 0 Å². The van der Waals surface area contributed by atoms with Crippen molar-refractivity contribution in [1.29, 1.82) is 0 Å². The molecule has 1 aromatic rings. The van der Waals surface area contributed by atoms with Crippen molar-refractivity contribution in [1.82, 2.24) is 5.32 Å². The number of nitrogens with zero attached hydrogens (tertiary/aromatic N) is 1. The van der Waals surface area contributed by atoms with Crippen LogP contribution < -0.4 is 10.1 Å². The first-order valence-corrected chi connectivity index (χ1v) is 6.26. The normalized spacial score (nSPS) is 11.7. The van der Waals surface area contributed by atoms with Crippen LogP contribution in [-0.4, -0.2) is 29.9 Å². The van der Waals surface area contributed by atoms with Crippen molar-refractivity contribution >= 4 is 23.2 Å². The third kappa shape index (κ3) is 3.82. The van der Waals surface area contributed by atoms with Crippen molar-refractivity contribution in [2.75, 3.05) is 13.0 Å². The van der Waals surface area contributed by atoms with Crippen LogP contribution in [0.4, 0.5) is 5.69 Å². The van der Waals surface area contributed by atoms with Gasteiger partial charge in [-0.3, -0.25) is 14.9 Å². The average molecular weight is 287 g/mol. The van der Waals surface area contributed by atoms with Gasteiger partial charge in [0.1, 0.15) is 0 Å². The maximum atomic E-state index is 11.9. The molecule has 0 saturated carbocycles. The lowest BCUT2D eigenvalue weighted by Gasteiger charge is -2.14. The van der Waals surface area contributed by atoms with E-state index in [9.17, 15) is 14.9 Å². The number of alkyl halides is 1. The Morgan fingerprint density at radius 3 is 2.74 bits per heavy atom. The number of ether oxygens (including phenoxy) is 1. The Kier molecular flexibility index (Phi) is 5.57. The molecule has 1 N–H and O–H groups in total. The second kappa shape index (κ2) is 6.94. The molecule has 1 atom stereocenters. The van der Waals surface area contributed by atoms with Gasteiger partial charge >= 0.3 is 5.69 Å². The van der Waals surface area contributed by atoms with E-state index in [0.29, 0.717) is 17.9 Å². The molecule has 104 valence electrons. The molecule has 6 nitrogen and oxygen atoms in total.